The third kappa shape index (κ3) is 2.18. The number of carboxylic acid groups (broad SMARTS) is 1. The monoisotopic (exact) mass is 278 g/mol. The second-order valence-corrected chi connectivity index (χ2v) is 4.87. The summed E-state index contributed by atoms with van der Waals surface area (Å²) in [5, 5.41) is 21.0. The third-order valence-corrected chi connectivity index (χ3v) is 3.67. The zero-order chi connectivity index (χ0) is 14.0. The van der Waals surface area contributed by atoms with Crippen molar-refractivity contribution < 1.29 is 19.1 Å². The Labute approximate surface area is 114 Å². The summed E-state index contributed by atoms with van der Waals surface area (Å²) in [6, 6.07) is 1.74. The number of carboxylic acids is 1. The van der Waals surface area contributed by atoms with Crippen LogP contribution in [0.2, 0.25) is 0 Å². The minimum atomic E-state index is -0.883. The van der Waals surface area contributed by atoms with E-state index in [1.54, 1.807) is 6.07 Å². The van der Waals surface area contributed by atoms with Crippen LogP contribution in [0.15, 0.2) is 23.0 Å². The Morgan fingerprint density at radius 1 is 1.45 bits per heavy atom. The fourth-order valence-corrected chi connectivity index (χ4v) is 2.40. The first-order chi connectivity index (χ1) is 9.71. The van der Waals surface area contributed by atoms with Gasteiger partial charge >= 0.3 is 5.97 Å². The molecule has 0 spiro atoms. The van der Waals surface area contributed by atoms with Gasteiger partial charge in [0.05, 0.1) is 23.8 Å². The normalized spacial score (nSPS) is 18.0. The Balaban J connectivity index is 1.90. The number of ether oxygens (including phenoxy) is 1. The van der Waals surface area contributed by atoms with Crippen molar-refractivity contribution in [1.82, 2.24) is 20.2 Å². The van der Waals surface area contributed by atoms with E-state index in [-0.39, 0.29) is 6.54 Å². The molecule has 0 aromatic carbocycles. The Morgan fingerprint density at radius 3 is 2.90 bits per heavy atom. The highest BCUT2D eigenvalue weighted by molar-refractivity contribution is 5.74. The van der Waals surface area contributed by atoms with Crippen molar-refractivity contribution in [2.24, 2.45) is 5.41 Å². The Hall–Kier alpha value is -2.22. The maximum atomic E-state index is 11.6. The first kappa shape index (κ1) is 12.8. The average Bonchev–Trinajstić information content (AvgIpc) is 3.10. The Kier molecular flexibility index (Phi) is 3.23. The fraction of sp³-hybridized carbons (Fsp3) is 0.500. The van der Waals surface area contributed by atoms with Crippen molar-refractivity contribution in [3.63, 3.8) is 0 Å². The first-order valence-corrected chi connectivity index (χ1v) is 6.31. The van der Waals surface area contributed by atoms with E-state index in [0.717, 1.165) is 5.56 Å². The van der Waals surface area contributed by atoms with E-state index in [1.165, 1.54) is 17.2 Å². The van der Waals surface area contributed by atoms with E-state index < -0.39 is 11.4 Å². The van der Waals surface area contributed by atoms with Crippen LogP contribution >= 0.6 is 0 Å². The molecule has 2 aromatic heterocycles. The van der Waals surface area contributed by atoms with Crippen LogP contribution in [0.25, 0.3) is 11.4 Å². The second kappa shape index (κ2) is 5.04. The number of hydrogen-bond acceptors (Lipinski definition) is 6. The van der Waals surface area contributed by atoms with Crippen molar-refractivity contribution in [2.45, 2.75) is 19.4 Å². The molecule has 1 saturated heterocycles. The van der Waals surface area contributed by atoms with Crippen LogP contribution < -0.4 is 0 Å². The van der Waals surface area contributed by atoms with Crippen LogP contribution in [-0.4, -0.2) is 44.5 Å². The maximum absolute atomic E-state index is 11.6. The summed E-state index contributed by atoms with van der Waals surface area (Å²) in [4.78, 5) is 11.6. The van der Waals surface area contributed by atoms with E-state index in [1.807, 2.05) is 0 Å². The molecule has 1 aliphatic rings. The molecular weight excluding hydrogens is 264 g/mol. The Morgan fingerprint density at radius 2 is 2.25 bits per heavy atom. The van der Waals surface area contributed by atoms with Gasteiger partial charge in [0.25, 0.3) is 0 Å². The smallest absolute Gasteiger partial charge is 0.311 e. The molecule has 20 heavy (non-hydrogen) atoms. The number of carbonyl (C=O) groups is 1. The van der Waals surface area contributed by atoms with E-state index in [9.17, 15) is 9.90 Å². The van der Waals surface area contributed by atoms with Gasteiger partial charge in [0.2, 0.25) is 0 Å². The predicted octanol–water partition coefficient (Wildman–Crippen LogP) is 0.815. The van der Waals surface area contributed by atoms with E-state index in [0.29, 0.717) is 31.9 Å². The van der Waals surface area contributed by atoms with Crippen molar-refractivity contribution in [3.05, 3.63) is 18.6 Å². The highest BCUT2D eigenvalue weighted by atomic mass is 16.5. The van der Waals surface area contributed by atoms with Crippen LogP contribution in [-0.2, 0) is 16.1 Å². The molecule has 0 unspecified atom stereocenters. The molecule has 3 heterocycles. The minimum Gasteiger partial charge on any atom is -0.481 e. The van der Waals surface area contributed by atoms with Gasteiger partial charge in [-0.3, -0.25) is 4.79 Å². The van der Waals surface area contributed by atoms with Crippen LogP contribution in [0.3, 0.4) is 0 Å². The van der Waals surface area contributed by atoms with Crippen molar-refractivity contribution >= 4 is 5.97 Å². The third-order valence-electron chi connectivity index (χ3n) is 3.67. The highest BCUT2D eigenvalue weighted by Crippen LogP contribution is 2.33. The van der Waals surface area contributed by atoms with Crippen LogP contribution in [0.5, 0.6) is 0 Å². The number of aromatic nitrogens is 4. The van der Waals surface area contributed by atoms with Gasteiger partial charge in [-0.1, -0.05) is 0 Å². The molecule has 8 heteroatoms. The van der Waals surface area contributed by atoms with Gasteiger partial charge in [-0.25, -0.2) is 4.68 Å². The number of tetrazole rings is 1. The van der Waals surface area contributed by atoms with Gasteiger partial charge < -0.3 is 14.3 Å². The summed E-state index contributed by atoms with van der Waals surface area (Å²) < 4.78 is 11.8. The lowest BCUT2D eigenvalue weighted by molar-refractivity contribution is -0.156. The first-order valence-electron chi connectivity index (χ1n) is 6.31. The summed E-state index contributed by atoms with van der Waals surface area (Å²) >= 11 is 0. The Bertz CT molecular complexity index is 586. The lowest BCUT2D eigenvalue weighted by atomic mass is 9.80. The highest BCUT2D eigenvalue weighted by Gasteiger charge is 2.41. The molecule has 1 N–H and O–H groups in total. The SMILES string of the molecule is O=C(O)C1(Cn2nnnc2-c2ccoc2)CCOCC1. The molecule has 0 bridgehead atoms. The molecule has 0 amide bonds. The van der Waals surface area contributed by atoms with Gasteiger partial charge in [0.1, 0.15) is 6.26 Å². The summed E-state index contributed by atoms with van der Waals surface area (Å²) in [5.74, 6) is -0.333. The molecule has 0 radical (unpaired) electrons. The molecule has 2 aromatic rings. The minimum absolute atomic E-state index is 0.221. The van der Waals surface area contributed by atoms with Crippen molar-refractivity contribution in [2.75, 3.05) is 13.2 Å². The number of furan rings is 1. The molecule has 0 saturated carbocycles. The standard InChI is InChI=1S/C12H14N4O4/c17-11(18)12(2-5-19-6-3-12)8-16-10(13-14-15-16)9-1-4-20-7-9/h1,4,7H,2-3,5-6,8H2,(H,17,18). The molecule has 1 fully saturated rings. The zero-order valence-corrected chi connectivity index (χ0v) is 10.7. The molecule has 3 rings (SSSR count). The van der Waals surface area contributed by atoms with E-state index >= 15 is 0 Å². The van der Waals surface area contributed by atoms with Gasteiger partial charge in [-0.05, 0) is 29.3 Å². The van der Waals surface area contributed by atoms with Gasteiger partial charge in [-0.15, -0.1) is 5.10 Å². The fourth-order valence-electron chi connectivity index (χ4n) is 2.40. The molecule has 1 aliphatic heterocycles. The zero-order valence-electron chi connectivity index (χ0n) is 10.7. The van der Waals surface area contributed by atoms with Crippen LogP contribution in [0, 0.1) is 5.41 Å². The summed E-state index contributed by atoms with van der Waals surface area (Å²) in [6.07, 6.45) is 3.95. The summed E-state index contributed by atoms with van der Waals surface area (Å²) in [6.45, 7) is 1.10. The molecule has 0 atom stereocenters. The molecule has 0 aliphatic carbocycles. The number of aliphatic carboxylic acids is 1. The molecular formula is C12H14N4O4. The lowest BCUT2D eigenvalue weighted by Gasteiger charge is -2.32. The predicted molar refractivity (Wildman–Crippen MR) is 65.6 cm³/mol. The van der Waals surface area contributed by atoms with Crippen LogP contribution in [0.4, 0.5) is 0 Å². The van der Waals surface area contributed by atoms with Crippen molar-refractivity contribution in [3.8, 4) is 11.4 Å². The quantitative estimate of drug-likeness (QED) is 0.882. The topological polar surface area (TPSA) is 103 Å². The number of hydrogen-bond donors (Lipinski definition) is 1. The summed E-state index contributed by atoms with van der Waals surface area (Å²) in [7, 11) is 0. The summed E-state index contributed by atoms with van der Waals surface area (Å²) in [5.41, 5.74) is -0.158. The maximum Gasteiger partial charge on any atom is 0.311 e. The largest absolute Gasteiger partial charge is 0.481 e. The van der Waals surface area contributed by atoms with Gasteiger partial charge in [0.15, 0.2) is 5.82 Å². The van der Waals surface area contributed by atoms with E-state index in [2.05, 4.69) is 15.5 Å². The van der Waals surface area contributed by atoms with E-state index in [4.69, 9.17) is 9.15 Å². The molecule has 106 valence electrons. The van der Waals surface area contributed by atoms with Gasteiger partial charge in [-0.2, -0.15) is 0 Å². The van der Waals surface area contributed by atoms with Crippen molar-refractivity contribution in [1.29, 1.82) is 0 Å². The average molecular weight is 278 g/mol. The van der Waals surface area contributed by atoms with Gasteiger partial charge in [0, 0.05) is 13.2 Å². The second-order valence-electron chi connectivity index (χ2n) is 4.87. The lowest BCUT2D eigenvalue weighted by Crippen LogP contribution is -2.41. The molecule has 8 nitrogen and oxygen atoms in total. The van der Waals surface area contributed by atoms with Crippen LogP contribution in [0.1, 0.15) is 12.8 Å². The number of rotatable bonds is 4. The number of nitrogens with zero attached hydrogens (tertiary/aromatic N) is 4.